The van der Waals surface area contributed by atoms with E-state index in [0.717, 1.165) is 30.8 Å². The highest BCUT2D eigenvalue weighted by Gasteiger charge is 2.41. The Kier molecular flexibility index (Phi) is 9.20. The quantitative estimate of drug-likeness (QED) is 0.264. The zero-order valence-electron chi connectivity index (χ0n) is 24.7. The molecule has 0 amide bonds. The van der Waals surface area contributed by atoms with Crippen molar-refractivity contribution in [3.8, 4) is 0 Å². The number of imidazole rings is 2. The smallest absolute Gasteiger partial charge is 0.106 e. The lowest BCUT2D eigenvalue weighted by atomic mass is 9.77. The number of nitrogens with zero attached hydrogens (tertiary/aromatic N) is 4. The van der Waals surface area contributed by atoms with Crippen LogP contribution in [0.15, 0.2) is 49.1 Å². The predicted molar refractivity (Wildman–Crippen MR) is 162 cm³/mol. The Bertz CT molecular complexity index is 1130. The van der Waals surface area contributed by atoms with Crippen LogP contribution >= 0.6 is 0 Å². The van der Waals surface area contributed by atoms with E-state index >= 15 is 0 Å². The molecule has 1 aromatic carbocycles. The molecule has 41 heavy (non-hydrogen) atoms. The fourth-order valence-electron chi connectivity index (χ4n) is 7.73. The van der Waals surface area contributed by atoms with Crippen LogP contribution in [-0.2, 0) is 25.9 Å². The fraction of sp³-hybridized carbons (Fsp3) is 0.636. The summed E-state index contributed by atoms with van der Waals surface area (Å²) in [7, 11) is 0. The van der Waals surface area contributed by atoms with Crippen LogP contribution in [0.25, 0.3) is 0 Å². The molecule has 8 nitrogen and oxygen atoms in total. The molecule has 4 heterocycles. The third-order valence-electron chi connectivity index (χ3n) is 10.3. The van der Waals surface area contributed by atoms with Crippen molar-refractivity contribution in [3.63, 3.8) is 0 Å². The molecule has 3 fully saturated rings. The summed E-state index contributed by atoms with van der Waals surface area (Å²) in [4.78, 5) is 20.8. The lowest BCUT2D eigenvalue weighted by Crippen LogP contribution is -2.46. The SMILES string of the molecule is OCC(CNCc1ccc(CN2CCC3(CCN(C4CCCCC4)CC3)C2)cc1)(Cc1ncc[nH]1)Cc1ncc[nH]1. The summed E-state index contributed by atoms with van der Waals surface area (Å²) in [6, 6.07) is 10.0. The van der Waals surface area contributed by atoms with Gasteiger partial charge in [0.1, 0.15) is 11.6 Å². The molecule has 6 rings (SSSR count). The monoisotopic (exact) mass is 559 g/mol. The first-order valence-corrected chi connectivity index (χ1v) is 16.0. The van der Waals surface area contributed by atoms with Crippen molar-refractivity contribution in [2.45, 2.75) is 83.3 Å². The van der Waals surface area contributed by atoms with E-state index in [9.17, 15) is 5.11 Å². The van der Waals surface area contributed by atoms with Gasteiger partial charge in [0.05, 0.1) is 6.61 Å². The zero-order chi connectivity index (χ0) is 28.0. The molecule has 2 saturated heterocycles. The van der Waals surface area contributed by atoms with Gasteiger partial charge in [0.25, 0.3) is 0 Å². The Hall–Kier alpha value is -2.52. The number of aliphatic hydroxyl groups is 1. The van der Waals surface area contributed by atoms with Crippen LogP contribution < -0.4 is 5.32 Å². The molecule has 0 bridgehead atoms. The molecule has 0 unspecified atom stereocenters. The van der Waals surface area contributed by atoms with Crippen LogP contribution in [0, 0.1) is 10.8 Å². The van der Waals surface area contributed by atoms with Crippen LogP contribution in [-0.4, -0.2) is 80.2 Å². The highest BCUT2D eigenvalue weighted by Crippen LogP contribution is 2.42. The first-order chi connectivity index (χ1) is 20.1. The van der Waals surface area contributed by atoms with Gasteiger partial charge in [0.2, 0.25) is 0 Å². The molecule has 0 radical (unpaired) electrons. The first kappa shape index (κ1) is 28.6. The second kappa shape index (κ2) is 13.2. The van der Waals surface area contributed by atoms with Gasteiger partial charge in [0.15, 0.2) is 0 Å². The van der Waals surface area contributed by atoms with E-state index in [1.54, 1.807) is 12.4 Å². The Labute approximate surface area is 245 Å². The third kappa shape index (κ3) is 7.28. The van der Waals surface area contributed by atoms with Crippen molar-refractivity contribution in [2.75, 3.05) is 39.3 Å². The number of benzene rings is 1. The average molecular weight is 560 g/mol. The lowest BCUT2D eigenvalue weighted by Gasteiger charge is -2.43. The molecule has 0 atom stereocenters. The Morgan fingerprint density at radius 2 is 1.51 bits per heavy atom. The van der Waals surface area contributed by atoms with Crippen molar-refractivity contribution in [1.82, 2.24) is 35.1 Å². The summed E-state index contributed by atoms with van der Waals surface area (Å²) in [6.07, 6.45) is 19.9. The maximum atomic E-state index is 10.5. The van der Waals surface area contributed by atoms with E-state index in [4.69, 9.17) is 0 Å². The number of aliphatic hydroxyl groups excluding tert-OH is 1. The summed E-state index contributed by atoms with van der Waals surface area (Å²) in [5.41, 5.74) is 2.84. The molecule has 8 heteroatoms. The van der Waals surface area contributed by atoms with Crippen molar-refractivity contribution in [3.05, 3.63) is 71.8 Å². The number of H-pyrrole nitrogens is 2. The van der Waals surface area contributed by atoms with Crippen molar-refractivity contribution >= 4 is 0 Å². The number of hydrogen-bond acceptors (Lipinski definition) is 6. The minimum Gasteiger partial charge on any atom is -0.396 e. The van der Waals surface area contributed by atoms with Gasteiger partial charge in [0, 0.05) is 75.3 Å². The fourth-order valence-corrected chi connectivity index (χ4v) is 7.73. The minimum atomic E-state index is -0.395. The molecule has 2 aliphatic heterocycles. The largest absolute Gasteiger partial charge is 0.396 e. The van der Waals surface area contributed by atoms with E-state index < -0.39 is 5.41 Å². The molecule has 1 saturated carbocycles. The van der Waals surface area contributed by atoms with Crippen molar-refractivity contribution < 1.29 is 5.11 Å². The van der Waals surface area contributed by atoms with Crippen LogP contribution in [0.5, 0.6) is 0 Å². The summed E-state index contributed by atoms with van der Waals surface area (Å²) < 4.78 is 0. The van der Waals surface area contributed by atoms with Gasteiger partial charge in [-0.2, -0.15) is 0 Å². The number of likely N-dealkylation sites (tertiary alicyclic amines) is 2. The van der Waals surface area contributed by atoms with Crippen molar-refractivity contribution in [1.29, 1.82) is 0 Å². The van der Waals surface area contributed by atoms with E-state index in [1.165, 1.54) is 88.7 Å². The van der Waals surface area contributed by atoms with E-state index in [-0.39, 0.29) is 6.61 Å². The number of aromatic nitrogens is 4. The normalized spacial score (nSPS) is 20.7. The van der Waals surface area contributed by atoms with Crippen LogP contribution in [0.2, 0.25) is 0 Å². The summed E-state index contributed by atoms with van der Waals surface area (Å²) in [6.45, 7) is 7.69. The number of piperidine rings is 1. The third-order valence-corrected chi connectivity index (χ3v) is 10.3. The zero-order valence-corrected chi connectivity index (χ0v) is 24.7. The first-order valence-electron chi connectivity index (χ1n) is 16.0. The molecule has 222 valence electrons. The molecular formula is C33H49N7O. The van der Waals surface area contributed by atoms with Gasteiger partial charge >= 0.3 is 0 Å². The summed E-state index contributed by atoms with van der Waals surface area (Å²) in [5, 5.41) is 14.1. The number of hydrogen-bond donors (Lipinski definition) is 4. The van der Waals surface area contributed by atoms with Gasteiger partial charge in [-0.3, -0.25) is 4.90 Å². The Morgan fingerprint density at radius 1 is 0.878 bits per heavy atom. The van der Waals surface area contributed by atoms with Crippen LogP contribution in [0.4, 0.5) is 0 Å². The lowest BCUT2D eigenvalue weighted by molar-refractivity contribution is 0.0615. The number of aromatic amines is 2. The van der Waals surface area contributed by atoms with Gasteiger partial charge < -0.3 is 25.3 Å². The summed E-state index contributed by atoms with van der Waals surface area (Å²) >= 11 is 0. The molecule has 2 aromatic heterocycles. The molecule has 3 aliphatic rings. The second-order valence-electron chi connectivity index (χ2n) is 13.3. The molecule has 1 spiro atoms. The van der Waals surface area contributed by atoms with Gasteiger partial charge in [-0.15, -0.1) is 0 Å². The molecular weight excluding hydrogens is 510 g/mol. The number of nitrogens with one attached hydrogen (secondary N) is 3. The highest BCUT2D eigenvalue weighted by atomic mass is 16.3. The van der Waals surface area contributed by atoms with Gasteiger partial charge in [-0.05, 0) is 68.3 Å². The maximum Gasteiger partial charge on any atom is 0.106 e. The average Bonchev–Trinajstić information content (AvgIpc) is 3.79. The Balaban J connectivity index is 0.976. The predicted octanol–water partition coefficient (Wildman–Crippen LogP) is 4.31. The number of rotatable bonds is 12. The van der Waals surface area contributed by atoms with E-state index in [2.05, 4.69) is 59.3 Å². The molecule has 3 aromatic rings. The van der Waals surface area contributed by atoms with Gasteiger partial charge in [-0.1, -0.05) is 43.5 Å². The van der Waals surface area contributed by atoms with Crippen molar-refractivity contribution in [2.24, 2.45) is 10.8 Å². The van der Waals surface area contributed by atoms with Gasteiger partial charge in [-0.25, -0.2) is 9.97 Å². The van der Waals surface area contributed by atoms with Crippen LogP contribution in [0.1, 0.15) is 74.1 Å². The minimum absolute atomic E-state index is 0.0519. The van der Waals surface area contributed by atoms with Crippen LogP contribution in [0.3, 0.4) is 0 Å². The van der Waals surface area contributed by atoms with E-state index in [0.29, 0.717) is 24.8 Å². The summed E-state index contributed by atoms with van der Waals surface area (Å²) in [5.74, 6) is 1.77. The Morgan fingerprint density at radius 3 is 2.12 bits per heavy atom. The highest BCUT2D eigenvalue weighted by molar-refractivity contribution is 5.23. The maximum absolute atomic E-state index is 10.5. The van der Waals surface area contributed by atoms with E-state index in [1.807, 2.05) is 12.4 Å². The standard InChI is InChI=1S/C33H49N7O/c41-26-33(20-30-35-13-14-36-30,21-31-37-15-16-38-31)24-34-22-27-6-8-28(9-7-27)23-39-17-10-32(25-39)11-18-40(19-12-32)29-4-2-1-3-5-29/h6-9,13-16,29,34,41H,1-5,10-12,17-26H2,(H,35,36)(H,37,38). The molecule has 1 aliphatic carbocycles. The molecule has 4 N–H and O–H groups in total. The topological polar surface area (TPSA) is 96.1 Å². The second-order valence-corrected chi connectivity index (χ2v) is 13.3.